The number of nitrogens with one attached hydrogen (secondary N) is 1. The molecule has 0 saturated heterocycles. The van der Waals surface area contributed by atoms with E-state index in [-0.39, 0.29) is 12.3 Å². The summed E-state index contributed by atoms with van der Waals surface area (Å²) in [7, 11) is 1.50. The molecule has 2 N–H and O–H groups in total. The van der Waals surface area contributed by atoms with Crippen LogP contribution in [0.4, 0.5) is 0 Å². The van der Waals surface area contributed by atoms with Gasteiger partial charge in [-0.1, -0.05) is 6.07 Å². The van der Waals surface area contributed by atoms with Gasteiger partial charge in [0, 0.05) is 12.3 Å². The first-order valence-electron chi connectivity index (χ1n) is 8.26. The molecule has 0 aliphatic heterocycles. The summed E-state index contributed by atoms with van der Waals surface area (Å²) in [6, 6.07) is 10.4. The molecule has 140 valence electrons. The molecule has 0 aliphatic carbocycles. The van der Waals surface area contributed by atoms with Gasteiger partial charge in [0.05, 0.1) is 30.6 Å². The minimum atomic E-state index is -0.772. The van der Waals surface area contributed by atoms with Gasteiger partial charge in [-0.25, -0.2) is 4.68 Å². The summed E-state index contributed by atoms with van der Waals surface area (Å²) in [5.74, 6) is 0.372. The highest BCUT2D eigenvalue weighted by Gasteiger charge is 2.24. The molecular weight excluding hydrogens is 348 g/mol. The van der Waals surface area contributed by atoms with Crippen molar-refractivity contribution in [1.82, 2.24) is 30.3 Å². The predicted molar refractivity (Wildman–Crippen MR) is 97.6 cm³/mol. The van der Waals surface area contributed by atoms with Gasteiger partial charge in [0.2, 0.25) is 5.88 Å². The van der Waals surface area contributed by atoms with Crippen LogP contribution in [-0.4, -0.2) is 55.2 Å². The van der Waals surface area contributed by atoms with Gasteiger partial charge in [-0.05, 0) is 38.1 Å². The van der Waals surface area contributed by atoms with Crippen LogP contribution in [0.2, 0.25) is 0 Å². The van der Waals surface area contributed by atoms with E-state index >= 15 is 0 Å². The van der Waals surface area contributed by atoms with Crippen LogP contribution in [0.1, 0.15) is 24.3 Å². The minimum absolute atomic E-state index is 0.176. The lowest BCUT2D eigenvalue weighted by Crippen LogP contribution is -2.46. The highest BCUT2D eigenvalue weighted by molar-refractivity contribution is 5.94. The second-order valence-corrected chi connectivity index (χ2v) is 6.47. The number of pyridine rings is 1. The molecule has 27 heavy (non-hydrogen) atoms. The lowest BCUT2D eigenvalue weighted by molar-refractivity contribution is 0.0864. The standard InChI is InChI=1S/C18H20N6O3/c1-18(2,11-25)20-17(26)13-10-14(12-6-4-5-9-19-12)24(23-13)15-7-8-16(27-3)22-21-15/h4-10,25H,11H2,1-3H3,(H,20,26). The summed E-state index contributed by atoms with van der Waals surface area (Å²) in [5.41, 5.74) is 0.617. The van der Waals surface area contributed by atoms with E-state index in [1.807, 2.05) is 12.1 Å². The number of aliphatic hydroxyl groups is 1. The van der Waals surface area contributed by atoms with Crippen molar-refractivity contribution in [2.24, 2.45) is 0 Å². The Labute approximate surface area is 156 Å². The first-order valence-corrected chi connectivity index (χ1v) is 8.26. The number of methoxy groups -OCH3 is 1. The monoisotopic (exact) mass is 368 g/mol. The summed E-state index contributed by atoms with van der Waals surface area (Å²) in [4.78, 5) is 16.9. The summed E-state index contributed by atoms with van der Waals surface area (Å²) in [6.45, 7) is 3.24. The zero-order valence-corrected chi connectivity index (χ0v) is 15.2. The maximum Gasteiger partial charge on any atom is 0.272 e. The average molecular weight is 368 g/mol. The number of carbonyl (C=O) groups excluding carboxylic acids is 1. The Hall–Kier alpha value is -3.33. The number of aliphatic hydroxyl groups excluding tert-OH is 1. The quantitative estimate of drug-likeness (QED) is 0.672. The Morgan fingerprint density at radius 1 is 1.26 bits per heavy atom. The summed E-state index contributed by atoms with van der Waals surface area (Å²) >= 11 is 0. The molecule has 0 atom stereocenters. The molecule has 0 unspecified atom stereocenters. The fourth-order valence-electron chi connectivity index (χ4n) is 2.31. The molecule has 0 saturated carbocycles. The Balaban J connectivity index is 2.05. The number of ether oxygens (including phenoxy) is 1. The molecule has 3 aromatic heterocycles. The highest BCUT2D eigenvalue weighted by atomic mass is 16.5. The topological polar surface area (TPSA) is 115 Å². The molecule has 3 rings (SSSR count). The SMILES string of the molecule is COc1ccc(-n2nc(C(=O)NC(C)(C)CO)cc2-c2ccccn2)nn1. The van der Waals surface area contributed by atoms with Crippen LogP contribution >= 0.6 is 0 Å². The van der Waals surface area contributed by atoms with Gasteiger partial charge in [-0.15, -0.1) is 10.2 Å². The molecular formula is C18H20N6O3. The third-order valence-corrected chi connectivity index (χ3v) is 3.77. The number of carbonyl (C=O) groups is 1. The van der Waals surface area contributed by atoms with E-state index in [4.69, 9.17) is 4.74 Å². The van der Waals surface area contributed by atoms with E-state index < -0.39 is 11.4 Å². The molecule has 0 aliphatic rings. The molecule has 9 heteroatoms. The Morgan fingerprint density at radius 3 is 2.67 bits per heavy atom. The molecule has 0 fully saturated rings. The van der Waals surface area contributed by atoms with E-state index in [2.05, 4.69) is 25.6 Å². The number of rotatable bonds is 6. The normalized spacial score (nSPS) is 11.3. The molecule has 0 aromatic carbocycles. The molecule has 3 aromatic rings. The highest BCUT2D eigenvalue weighted by Crippen LogP contribution is 2.22. The maximum absolute atomic E-state index is 12.6. The summed E-state index contributed by atoms with van der Waals surface area (Å²) in [5, 5.41) is 24.5. The fraction of sp³-hybridized carbons (Fsp3) is 0.278. The van der Waals surface area contributed by atoms with Crippen LogP contribution in [0.25, 0.3) is 17.2 Å². The zero-order valence-electron chi connectivity index (χ0n) is 15.2. The van der Waals surface area contributed by atoms with Crippen molar-refractivity contribution in [3.05, 3.63) is 48.3 Å². The van der Waals surface area contributed by atoms with Crippen LogP contribution < -0.4 is 10.1 Å². The average Bonchev–Trinajstić information content (AvgIpc) is 3.14. The largest absolute Gasteiger partial charge is 0.480 e. The molecule has 3 heterocycles. The maximum atomic E-state index is 12.6. The molecule has 9 nitrogen and oxygen atoms in total. The van der Waals surface area contributed by atoms with Crippen LogP contribution in [-0.2, 0) is 0 Å². The fourth-order valence-corrected chi connectivity index (χ4v) is 2.31. The predicted octanol–water partition coefficient (Wildman–Crippen LogP) is 1.23. The first kappa shape index (κ1) is 18.5. The van der Waals surface area contributed by atoms with Crippen LogP contribution in [0.3, 0.4) is 0 Å². The number of hydrogen-bond acceptors (Lipinski definition) is 7. The van der Waals surface area contributed by atoms with Gasteiger partial charge in [0.25, 0.3) is 5.91 Å². The van der Waals surface area contributed by atoms with Crippen molar-refractivity contribution in [1.29, 1.82) is 0 Å². The number of nitrogens with zero attached hydrogens (tertiary/aromatic N) is 5. The van der Waals surface area contributed by atoms with Crippen molar-refractivity contribution in [2.75, 3.05) is 13.7 Å². The summed E-state index contributed by atoms with van der Waals surface area (Å²) in [6.07, 6.45) is 1.65. The second-order valence-electron chi connectivity index (χ2n) is 6.47. The van der Waals surface area contributed by atoms with Crippen molar-refractivity contribution < 1.29 is 14.6 Å². The molecule has 0 spiro atoms. The van der Waals surface area contributed by atoms with E-state index in [0.717, 1.165) is 0 Å². The number of amides is 1. The number of aromatic nitrogens is 5. The Kier molecular flexibility index (Phi) is 5.13. The molecule has 1 amide bonds. The van der Waals surface area contributed by atoms with Gasteiger partial charge in [-0.3, -0.25) is 9.78 Å². The van der Waals surface area contributed by atoms with Crippen molar-refractivity contribution >= 4 is 5.91 Å². The number of hydrogen-bond donors (Lipinski definition) is 2. The van der Waals surface area contributed by atoms with Gasteiger partial charge in [0.1, 0.15) is 0 Å². The van der Waals surface area contributed by atoms with Crippen LogP contribution in [0, 0.1) is 0 Å². The van der Waals surface area contributed by atoms with Crippen molar-refractivity contribution in [2.45, 2.75) is 19.4 Å². The van der Waals surface area contributed by atoms with E-state index in [1.165, 1.54) is 11.8 Å². The Bertz CT molecular complexity index is 922. The lowest BCUT2D eigenvalue weighted by atomic mass is 10.1. The smallest absolute Gasteiger partial charge is 0.272 e. The summed E-state index contributed by atoms with van der Waals surface area (Å²) < 4.78 is 6.52. The van der Waals surface area contributed by atoms with Gasteiger partial charge >= 0.3 is 0 Å². The Morgan fingerprint density at radius 2 is 2.07 bits per heavy atom. The first-order chi connectivity index (χ1) is 12.9. The van der Waals surface area contributed by atoms with Crippen molar-refractivity contribution in [3.63, 3.8) is 0 Å². The van der Waals surface area contributed by atoms with E-state index in [1.54, 1.807) is 44.3 Å². The second kappa shape index (κ2) is 7.50. The van der Waals surface area contributed by atoms with E-state index in [9.17, 15) is 9.90 Å². The third-order valence-electron chi connectivity index (χ3n) is 3.77. The molecule has 0 radical (unpaired) electrons. The van der Waals surface area contributed by atoms with Gasteiger partial charge in [0.15, 0.2) is 11.5 Å². The van der Waals surface area contributed by atoms with Crippen LogP contribution in [0.5, 0.6) is 5.88 Å². The van der Waals surface area contributed by atoms with Crippen molar-refractivity contribution in [3.8, 4) is 23.1 Å². The van der Waals surface area contributed by atoms with Gasteiger partial charge < -0.3 is 15.2 Å². The van der Waals surface area contributed by atoms with Gasteiger partial charge in [-0.2, -0.15) is 5.10 Å². The lowest BCUT2D eigenvalue weighted by Gasteiger charge is -2.22. The van der Waals surface area contributed by atoms with Crippen LogP contribution in [0.15, 0.2) is 42.6 Å². The zero-order chi connectivity index (χ0) is 19.4. The minimum Gasteiger partial charge on any atom is -0.480 e. The van der Waals surface area contributed by atoms with E-state index in [0.29, 0.717) is 23.1 Å². The third kappa shape index (κ3) is 4.09. The molecule has 0 bridgehead atoms.